The van der Waals surface area contributed by atoms with Gasteiger partial charge in [0.25, 0.3) is 11.8 Å². The fraction of sp³-hybridized carbons (Fsp3) is 0.250. The first kappa shape index (κ1) is 21.2. The Labute approximate surface area is 168 Å². The Hall–Kier alpha value is -3.06. The van der Waals surface area contributed by atoms with Gasteiger partial charge in [-0.3, -0.25) is 14.4 Å². The summed E-state index contributed by atoms with van der Waals surface area (Å²) in [5.41, 5.74) is 1.38. The SMILES string of the molecule is COc1cccc(C(=O)NCC(=O)OCC(=O)NCCc2ccc(Cl)cc2)c1. The van der Waals surface area contributed by atoms with Gasteiger partial charge in [0.2, 0.25) is 0 Å². The van der Waals surface area contributed by atoms with Gasteiger partial charge in [0.05, 0.1) is 7.11 Å². The van der Waals surface area contributed by atoms with E-state index in [0.29, 0.717) is 29.3 Å². The highest BCUT2D eigenvalue weighted by Gasteiger charge is 2.11. The molecule has 8 heteroatoms. The van der Waals surface area contributed by atoms with Gasteiger partial charge in [0, 0.05) is 17.1 Å². The number of nitrogens with one attached hydrogen (secondary N) is 2. The second kappa shape index (κ2) is 10.9. The molecule has 0 unspecified atom stereocenters. The summed E-state index contributed by atoms with van der Waals surface area (Å²) in [7, 11) is 1.49. The van der Waals surface area contributed by atoms with Crippen molar-refractivity contribution in [2.45, 2.75) is 6.42 Å². The molecule has 0 atom stereocenters. The van der Waals surface area contributed by atoms with Gasteiger partial charge in [-0.1, -0.05) is 29.8 Å². The van der Waals surface area contributed by atoms with Crippen molar-refractivity contribution in [3.05, 3.63) is 64.7 Å². The number of carbonyl (C=O) groups excluding carboxylic acids is 3. The molecule has 0 aliphatic rings. The fourth-order valence-electron chi connectivity index (χ4n) is 2.26. The number of ether oxygens (including phenoxy) is 2. The Morgan fingerprint density at radius 3 is 2.50 bits per heavy atom. The van der Waals surface area contributed by atoms with E-state index in [-0.39, 0.29) is 6.54 Å². The Morgan fingerprint density at radius 1 is 1.04 bits per heavy atom. The molecule has 2 amide bonds. The van der Waals surface area contributed by atoms with E-state index in [1.807, 2.05) is 12.1 Å². The summed E-state index contributed by atoms with van der Waals surface area (Å²) in [4.78, 5) is 35.4. The molecule has 0 aliphatic heterocycles. The van der Waals surface area contributed by atoms with Gasteiger partial charge >= 0.3 is 5.97 Å². The monoisotopic (exact) mass is 404 g/mol. The number of carbonyl (C=O) groups is 3. The van der Waals surface area contributed by atoms with Crippen LogP contribution in [0.3, 0.4) is 0 Å². The lowest BCUT2D eigenvalue weighted by molar-refractivity contribution is -0.147. The van der Waals surface area contributed by atoms with Crippen LogP contribution in [0.2, 0.25) is 5.02 Å². The molecule has 0 bridgehead atoms. The minimum atomic E-state index is -0.705. The number of esters is 1. The van der Waals surface area contributed by atoms with Crippen molar-refractivity contribution < 1.29 is 23.9 Å². The van der Waals surface area contributed by atoms with Crippen LogP contribution in [-0.2, 0) is 20.7 Å². The lowest BCUT2D eigenvalue weighted by Crippen LogP contribution is -2.34. The second-order valence-corrected chi connectivity index (χ2v) is 6.24. The average Bonchev–Trinajstić information content (AvgIpc) is 2.72. The van der Waals surface area contributed by atoms with Crippen LogP contribution in [0.4, 0.5) is 0 Å². The van der Waals surface area contributed by atoms with E-state index in [4.69, 9.17) is 21.1 Å². The van der Waals surface area contributed by atoms with Crippen LogP contribution in [0.15, 0.2) is 48.5 Å². The van der Waals surface area contributed by atoms with Crippen LogP contribution >= 0.6 is 11.6 Å². The molecule has 0 aromatic heterocycles. The maximum absolute atomic E-state index is 12.0. The number of halogens is 1. The molecular formula is C20H21ClN2O5. The van der Waals surface area contributed by atoms with Gasteiger partial charge in [-0.2, -0.15) is 0 Å². The van der Waals surface area contributed by atoms with Crippen LogP contribution in [-0.4, -0.2) is 44.6 Å². The first-order valence-corrected chi connectivity index (χ1v) is 8.94. The van der Waals surface area contributed by atoms with Crippen molar-refractivity contribution >= 4 is 29.4 Å². The lowest BCUT2D eigenvalue weighted by atomic mass is 10.1. The van der Waals surface area contributed by atoms with Gasteiger partial charge < -0.3 is 20.1 Å². The highest BCUT2D eigenvalue weighted by atomic mass is 35.5. The van der Waals surface area contributed by atoms with Crippen molar-refractivity contribution in [1.29, 1.82) is 0 Å². The van der Waals surface area contributed by atoms with Gasteiger partial charge in [0.1, 0.15) is 12.3 Å². The highest BCUT2D eigenvalue weighted by molar-refractivity contribution is 6.30. The third-order valence-electron chi connectivity index (χ3n) is 3.74. The quantitative estimate of drug-likeness (QED) is 0.623. The molecule has 7 nitrogen and oxygen atoms in total. The summed E-state index contributed by atoms with van der Waals surface area (Å²) in [6.45, 7) is -0.340. The molecule has 2 aromatic carbocycles. The lowest BCUT2D eigenvalue weighted by Gasteiger charge is -2.08. The van der Waals surface area contributed by atoms with Gasteiger partial charge in [0.15, 0.2) is 6.61 Å². The maximum atomic E-state index is 12.0. The third-order valence-corrected chi connectivity index (χ3v) is 3.99. The largest absolute Gasteiger partial charge is 0.497 e. The van der Waals surface area contributed by atoms with Gasteiger partial charge in [-0.05, 0) is 42.3 Å². The molecule has 0 saturated heterocycles. The number of hydrogen-bond donors (Lipinski definition) is 2. The Morgan fingerprint density at radius 2 is 1.79 bits per heavy atom. The summed E-state index contributed by atoms with van der Waals surface area (Å²) in [5, 5.41) is 5.74. The summed E-state index contributed by atoms with van der Waals surface area (Å²) < 4.78 is 9.88. The fourth-order valence-corrected chi connectivity index (χ4v) is 2.39. The molecular weight excluding hydrogens is 384 g/mol. The molecule has 0 saturated carbocycles. The normalized spacial score (nSPS) is 10.1. The molecule has 0 radical (unpaired) electrons. The second-order valence-electron chi connectivity index (χ2n) is 5.80. The zero-order valence-electron chi connectivity index (χ0n) is 15.4. The standard InChI is InChI=1S/C20H21ClN2O5/c1-27-17-4-2-3-15(11-17)20(26)23-12-19(25)28-13-18(24)22-10-9-14-5-7-16(21)8-6-14/h2-8,11H,9-10,12-13H2,1H3,(H,22,24)(H,23,26). The minimum absolute atomic E-state index is 0.339. The first-order valence-electron chi connectivity index (χ1n) is 8.57. The van der Waals surface area contributed by atoms with Crippen molar-refractivity contribution in [2.24, 2.45) is 0 Å². The van der Waals surface area contributed by atoms with Crippen molar-refractivity contribution in [3.8, 4) is 5.75 Å². The number of rotatable bonds is 9. The molecule has 2 rings (SSSR count). The van der Waals surface area contributed by atoms with Crippen molar-refractivity contribution in [2.75, 3.05) is 26.8 Å². The maximum Gasteiger partial charge on any atom is 0.325 e. The molecule has 28 heavy (non-hydrogen) atoms. The predicted octanol–water partition coefficient (Wildman–Crippen LogP) is 1.98. The predicted molar refractivity (Wildman–Crippen MR) is 104 cm³/mol. The van der Waals surface area contributed by atoms with Gasteiger partial charge in [-0.15, -0.1) is 0 Å². The zero-order valence-corrected chi connectivity index (χ0v) is 16.1. The topological polar surface area (TPSA) is 93.7 Å². The first-order chi connectivity index (χ1) is 13.5. The smallest absolute Gasteiger partial charge is 0.325 e. The van der Waals surface area contributed by atoms with Crippen LogP contribution in [0.5, 0.6) is 5.75 Å². The van der Waals surface area contributed by atoms with E-state index in [9.17, 15) is 14.4 Å². The Balaban J connectivity index is 1.63. The van der Waals surface area contributed by atoms with Crippen LogP contribution < -0.4 is 15.4 Å². The van der Waals surface area contributed by atoms with E-state index in [2.05, 4.69) is 10.6 Å². The van der Waals surface area contributed by atoms with Crippen molar-refractivity contribution in [3.63, 3.8) is 0 Å². The van der Waals surface area contributed by atoms with E-state index < -0.39 is 24.4 Å². The average molecular weight is 405 g/mol. The molecule has 2 N–H and O–H groups in total. The summed E-state index contributed by atoms with van der Waals surface area (Å²) in [5.74, 6) is -1.03. The molecule has 2 aromatic rings. The highest BCUT2D eigenvalue weighted by Crippen LogP contribution is 2.12. The third kappa shape index (κ3) is 7.28. The molecule has 0 fully saturated rings. The van der Waals surface area contributed by atoms with Crippen LogP contribution in [0.25, 0.3) is 0 Å². The number of methoxy groups -OCH3 is 1. The summed E-state index contributed by atoms with van der Waals surface area (Å²) in [6, 6.07) is 13.8. The molecule has 0 aliphatic carbocycles. The Bertz CT molecular complexity index is 824. The number of hydrogen-bond acceptors (Lipinski definition) is 5. The van der Waals surface area contributed by atoms with Crippen LogP contribution in [0, 0.1) is 0 Å². The van der Waals surface area contributed by atoms with E-state index in [0.717, 1.165) is 5.56 Å². The van der Waals surface area contributed by atoms with Crippen LogP contribution in [0.1, 0.15) is 15.9 Å². The number of amides is 2. The molecule has 0 heterocycles. The zero-order chi connectivity index (χ0) is 20.4. The Kier molecular flexibility index (Phi) is 8.30. The molecule has 148 valence electrons. The van der Waals surface area contributed by atoms with Gasteiger partial charge in [-0.25, -0.2) is 0 Å². The van der Waals surface area contributed by atoms with E-state index in [1.54, 1.807) is 36.4 Å². The van der Waals surface area contributed by atoms with Crippen molar-refractivity contribution in [1.82, 2.24) is 10.6 Å². The van der Waals surface area contributed by atoms with E-state index >= 15 is 0 Å². The minimum Gasteiger partial charge on any atom is -0.497 e. The number of benzene rings is 2. The van der Waals surface area contributed by atoms with E-state index in [1.165, 1.54) is 7.11 Å². The summed E-state index contributed by atoms with van der Waals surface area (Å²) in [6.07, 6.45) is 0.632. The molecule has 0 spiro atoms. The summed E-state index contributed by atoms with van der Waals surface area (Å²) >= 11 is 5.81.